The Morgan fingerprint density at radius 3 is 1.97 bits per heavy atom. The summed E-state index contributed by atoms with van der Waals surface area (Å²) in [6, 6.07) is 10.0. The summed E-state index contributed by atoms with van der Waals surface area (Å²) in [5, 5.41) is 28.6. The highest BCUT2D eigenvalue weighted by Gasteiger charge is 2.23. The first-order valence-corrected chi connectivity index (χ1v) is 11.8. The first-order chi connectivity index (χ1) is 16.3. The van der Waals surface area contributed by atoms with Gasteiger partial charge in [-0.2, -0.15) is 21.5 Å². The van der Waals surface area contributed by atoms with Crippen molar-refractivity contribution < 1.29 is 35.8 Å². The number of pyridine rings is 1. The molecule has 18 heteroatoms. The summed E-state index contributed by atoms with van der Waals surface area (Å²) >= 11 is 0. The second-order valence-corrected chi connectivity index (χ2v) is 9.27. The number of fused-ring (bicyclic) bond motifs is 1. The average molecular weight is 524 g/mol. The van der Waals surface area contributed by atoms with Crippen LogP contribution >= 0.6 is 0 Å². The molecule has 0 aliphatic heterocycles. The molecule has 2 aromatic heterocycles. The van der Waals surface area contributed by atoms with Gasteiger partial charge >= 0.3 is 0 Å². The molecule has 2 heterocycles. The quantitative estimate of drug-likeness (QED) is 0.215. The summed E-state index contributed by atoms with van der Waals surface area (Å²) in [4.78, 5) is 22.8. The minimum Gasteiger partial charge on any atom is -0.282 e. The second kappa shape index (κ2) is 9.46. The molecule has 0 radical (unpaired) electrons. The molecule has 0 unspecified atom stereocenters. The van der Waals surface area contributed by atoms with Gasteiger partial charge in [0.1, 0.15) is 10.4 Å². The van der Waals surface area contributed by atoms with Crippen LogP contribution < -0.4 is 0 Å². The zero-order valence-corrected chi connectivity index (χ0v) is 18.6. The summed E-state index contributed by atoms with van der Waals surface area (Å²) in [7, 11) is -8.88. The van der Waals surface area contributed by atoms with Crippen molar-refractivity contribution in [1.29, 1.82) is 0 Å². The van der Waals surface area contributed by atoms with E-state index in [-0.39, 0.29) is 27.6 Å². The number of hydrogen-bond donors (Lipinski definition) is 2. The van der Waals surface area contributed by atoms with Gasteiger partial charge in [-0.15, -0.1) is 5.10 Å². The van der Waals surface area contributed by atoms with Crippen LogP contribution in [0.3, 0.4) is 0 Å². The van der Waals surface area contributed by atoms with E-state index in [1.807, 2.05) is 0 Å². The third kappa shape index (κ3) is 5.76. The lowest BCUT2D eigenvalue weighted by atomic mass is 10.3. The standard InChI is InChI=1S/C11H7N5O5S.C6H5NO5S/c17-16(18)7-3-4-10(22(19,20)21)9(6-7)15-11-8(13-14-15)2-1-5-12-11;8-7(9)5-1-3-6(4-2-5)13(10,11)12/h1-6H,(H,19,20,21);1-4H,(H,10,11,12). The molecule has 4 rings (SSSR count). The van der Waals surface area contributed by atoms with Crippen LogP contribution in [0.5, 0.6) is 0 Å². The third-order valence-corrected chi connectivity index (χ3v) is 5.98. The van der Waals surface area contributed by atoms with Crippen molar-refractivity contribution in [2.45, 2.75) is 9.79 Å². The molecule has 0 saturated carbocycles. The number of rotatable bonds is 5. The van der Waals surface area contributed by atoms with Crippen LogP contribution in [-0.2, 0) is 20.2 Å². The van der Waals surface area contributed by atoms with E-state index >= 15 is 0 Å². The highest BCUT2D eigenvalue weighted by Crippen LogP contribution is 2.26. The fourth-order valence-electron chi connectivity index (χ4n) is 2.67. The molecule has 0 bridgehead atoms. The van der Waals surface area contributed by atoms with E-state index in [0.717, 1.165) is 47.1 Å². The molecule has 0 atom stereocenters. The van der Waals surface area contributed by atoms with Crippen molar-refractivity contribution in [2.24, 2.45) is 0 Å². The minimum atomic E-state index is -4.61. The predicted octanol–water partition coefficient (Wildman–Crippen LogP) is 1.81. The van der Waals surface area contributed by atoms with Gasteiger partial charge in [0, 0.05) is 30.5 Å². The van der Waals surface area contributed by atoms with E-state index < -0.39 is 35.0 Å². The Morgan fingerprint density at radius 2 is 1.43 bits per heavy atom. The zero-order chi connectivity index (χ0) is 26.0. The van der Waals surface area contributed by atoms with Crippen molar-refractivity contribution in [2.75, 3.05) is 0 Å². The molecule has 0 aliphatic rings. The van der Waals surface area contributed by atoms with Gasteiger partial charge in [0.15, 0.2) is 5.65 Å². The molecule has 0 aliphatic carbocycles. The lowest BCUT2D eigenvalue weighted by Gasteiger charge is -2.06. The number of non-ortho nitro benzene ring substituents is 2. The van der Waals surface area contributed by atoms with E-state index in [2.05, 4.69) is 15.3 Å². The van der Waals surface area contributed by atoms with Crippen LogP contribution in [0, 0.1) is 20.2 Å². The minimum absolute atomic E-state index is 0.202. The lowest BCUT2D eigenvalue weighted by molar-refractivity contribution is -0.385. The smallest absolute Gasteiger partial charge is 0.282 e. The van der Waals surface area contributed by atoms with Gasteiger partial charge < -0.3 is 0 Å². The van der Waals surface area contributed by atoms with E-state index in [1.165, 1.54) is 6.20 Å². The Hall–Kier alpha value is -4.39. The summed E-state index contributed by atoms with van der Waals surface area (Å²) in [6.07, 6.45) is 1.44. The Balaban J connectivity index is 0.000000225. The Labute approximate surface area is 195 Å². The normalized spacial score (nSPS) is 11.5. The molecule has 2 aromatic carbocycles. The first-order valence-electron chi connectivity index (χ1n) is 8.93. The number of nitrogens with zero attached hydrogens (tertiary/aromatic N) is 6. The molecule has 0 spiro atoms. The molecule has 35 heavy (non-hydrogen) atoms. The largest absolute Gasteiger partial charge is 0.296 e. The fraction of sp³-hybridized carbons (Fsp3) is 0. The van der Waals surface area contributed by atoms with Crippen LogP contribution in [0.2, 0.25) is 0 Å². The van der Waals surface area contributed by atoms with Crippen LogP contribution in [-0.4, -0.2) is 55.8 Å². The lowest BCUT2D eigenvalue weighted by Crippen LogP contribution is -2.08. The maximum absolute atomic E-state index is 11.5. The number of nitro groups is 2. The highest BCUT2D eigenvalue weighted by atomic mass is 32.2. The fourth-order valence-corrected chi connectivity index (χ4v) is 3.80. The number of aromatic nitrogens is 4. The molecule has 0 amide bonds. The highest BCUT2D eigenvalue weighted by molar-refractivity contribution is 7.86. The Kier molecular flexibility index (Phi) is 6.82. The maximum atomic E-state index is 11.5. The van der Waals surface area contributed by atoms with Crippen LogP contribution in [0.25, 0.3) is 16.9 Å². The van der Waals surface area contributed by atoms with Gasteiger partial charge in [-0.3, -0.25) is 29.3 Å². The molecular weight excluding hydrogens is 512 g/mol. The van der Waals surface area contributed by atoms with Gasteiger partial charge in [-0.1, -0.05) is 5.21 Å². The number of hydrogen-bond acceptors (Lipinski definition) is 11. The van der Waals surface area contributed by atoms with Crippen LogP contribution in [0.4, 0.5) is 11.4 Å². The molecule has 4 aromatic rings. The van der Waals surface area contributed by atoms with Crippen molar-refractivity contribution in [3.8, 4) is 5.69 Å². The molecule has 16 nitrogen and oxygen atoms in total. The van der Waals surface area contributed by atoms with Crippen LogP contribution in [0.15, 0.2) is 70.6 Å². The SMILES string of the molecule is O=[N+]([O-])c1ccc(S(=O)(=O)O)c(-n2nnc3cccnc32)c1.O=[N+]([O-])c1ccc(S(=O)(=O)O)cc1. The molecule has 0 saturated heterocycles. The van der Waals surface area contributed by atoms with Gasteiger partial charge in [-0.25, -0.2) is 4.98 Å². The number of nitro benzene ring substituents is 2. The van der Waals surface area contributed by atoms with Crippen molar-refractivity contribution in [3.63, 3.8) is 0 Å². The second-order valence-electron chi connectivity index (χ2n) is 6.46. The molecule has 182 valence electrons. The summed E-state index contributed by atoms with van der Waals surface area (Å²) in [5.41, 5.74) is -0.226. The average Bonchev–Trinajstić information content (AvgIpc) is 3.22. The van der Waals surface area contributed by atoms with E-state index in [0.29, 0.717) is 5.52 Å². The molecule has 0 fully saturated rings. The van der Waals surface area contributed by atoms with E-state index in [9.17, 15) is 41.6 Å². The Morgan fingerprint density at radius 1 is 0.829 bits per heavy atom. The van der Waals surface area contributed by atoms with Gasteiger partial charge in [0.05, 0.1) is 20.4 Å². The summed E-state index contributed by atoms with van der Waals surface area (Å²) in [6.45, 7) is 0. The zero-order valence-electron chi connectivity index (χ0n) is 16.9. The maximum Gasteiger partial charge on any atom is 0.296 e. The van der Waals surface area contributed by atoms with E-state index in [4.69, 9.17) is 4.55 Å². The van der Waals surface area contributed by atoms with Gasteiger partial charge in [0.25, 0.3) is 31.6 Å². The topological polar surface area (TPSA) is 239 Å². The molecule has 2 N–H and O–H groups in total. The van der Waals surface area contributed by atoms with Crippen molar-refractivity contribution >= 4 is 42.8 Å². The van der Waals surface area contributed by atoms with Gasteiger partial charge in [0.2, 0.25) is 0 Å². The summed E-state index contributed by atoms with van der Waals surface area (Å²) < 4.78 is 62.8. The summed E-state index contributed by atoms with van der Waals surface area (Å²) in [5.74, 6) is 0. The third-order valence-electron chi connectivity index (χ3n) is 4.21. The predicted molar refractivity (Wildman–Crippen MR) is 116 cm³/mol. The Bertz CT molecular complexity index is 1650. The monoisotopic (exact) mass is 524 g/mol. The molecular formula is C17H12N6O10S2. The van der Waals surface area contributed by atoms with Crippen molar-refractivity contribution in [3.05, 3.63) is 81.0 Å². The van der Waals surface area contributed by atoms with Crippen molar-refractivity contribution in [1.82, 2.24) is 20.0 Å². The first kappa shape index (κ1) is 25.2. The van der Waals surface area contributed by atoms with Gasteiger partial charge in [-0.05, 0) is 30.3 Å². The van der Waals surface area contributed by atoms with E-state index in [1.54, 1.807) is 12.1 Å². The van der Waals surface area contributed by atoms with Crippen LogP contribution in [0.1, 0.15) is 0 Å². The number of benzene rings is 2.